The Morgan fingerprint density at radius 3 is 2.42 bits per heavy atom. The zero-order valence-corrected chi connectivity index (χ0v) is 12.8. The lowest BCUT2D eigenvalue weighted by Crippen LogP contribution is -2.40. The van der Waals surface area contributed by atoms with Crippen LogP contribution in [0.25, 0.3) is 0 Å². The van der Waals surface area contributed by atoms with E-state index in [-0.39, 0.29) is 12.5 Å². The van der Waals surface area contributed by atoms with Crippen LogP contribution in [0.2, 0.25) is 0 Å². The first-order chi connectivity index (χ1) is 8.81. The van der Waals surface area contributed by atoms with Crippen LogP contribution in [0.4, 0.5) is 0 Å². The molecule has 106 valence electrons. The number of carbonyl (C=O) groups excluding carboxylic acids is 1. The topological polar surface area (TPSA) is 65.8 Å². The van der Waals surface area contributed by atoms with Crippen LogP contribution in [0.3, 0.4) is 0 Å². The highest BCUT2D eigenvalue weighted by Gasteiger charge is 2.21. The molecule has 0 aliphatic carbocycles. The number of amides is 1. The molecule has 19 heavy (non-hydrogen) atoms. The summed E-state index contributed by atoms with van der Waals surface area (Å²) in [6.07, 6.45) is 1.76. The van der Waals surface area contributed by atoms with E-state index in [0.717, 1.165) is 4.47 Å². The Labute approximate surface area is 120 Å². The van der Waals surface area contributed by atoms with E-state index in [1.54, 1.807) is 23.9 Å². The van der Waals surface area contributed by atoms with E-state index in [0.29, 0.717) is 18.8 Å². The summed E-state index contributed by atoms with van der Waals surface area (Å²) in [7, 11) is 5.51. The Morgan fingerprint density at radius 2 is 2.00 bits per heavy atom. The van der Waals surface area contributed by atoms with Gasteiger partial charge in [-0.25, -0.2) is 0 Å². The summed E-state index contributed by atoms with van der Waals surface area (Å²) in [4.78, 5) is 26.4. The maximum Gasteiger partial charge on any atom is 0.323 e. The average Bonchev–Trinajstić information content (AvgIpc) is 2.62. The zero-order valence-electron chi connectivity index (χ0n) is 11.3. The number of hydrogen-bond donors (Lipinski definition) is 1. The van der Waals surface area contributed by atoms with Crippen molar-refractivity contribution in [2.24, 2.45) is 7.05 Å². The van der Waals surface area contributed by atoms with Gasteiger partial charge in [0.15, 0.2) is 0 Å². The fourth-order valence-electron chi connectivity index (χ4n) is 1.64. The molecule has 0 saturated heterocycles. The average molecular weight is 332 g/mol. The van der Waals surface area contributed by atoms with Gasteiger partial charge >= 0.3 is 5.97 Å². The van der Waals surface area contributed by atoms with Gasteiger partial charge in [0.25, 0.3) is 5.91 Å². The van der Waals surface area contributed by atoms with Gasteiger partial charge in [0, 0.05) is 30.8 Å². The summed E-state index contributed by atoms with van der Waals surface area (Å²) in [6, 6.07) is 1.69. The number of carboxylic acid groups (broad SMARTS) is 1. The molecular weight excluding hydrogens is 314 g/mol. The Morgan fingerprint density at radius 1 is 1.37 bits per heavy atom. The molecule has 0 atom stereocenters. The van der Waals surface area contributed by atoms with Gasteiger partial charge in [-0.2, -0.15) is 0 Å². The van der Waals surface area contributed by atoms with Gasteiger partial charge < -0.3 is 19.5 Å². The van der Waals surface area contributed by atoms with Crippen LogP contribution in [0, 0.1) is 0 Å². The maximum atomic E-state index is 12.3. The predicted octanol–water partition coefficient (Wildman–Crippen LogP) is 0.876. The first-order valence-corrected chi connectivity index (χ1v) is 6.58. The van der Waals surface area contributed by atoms with Crippen LogP contribution in [0.5, 0.6) is 0 Å². The highest BCUT2D eigenvalue weighted by Crippen LogP contribution is 2.15. The number of aromatic nitrogens is 1. The zero-order chi connectivity index (χ0) is 14.6. The van der Waals surface area contributed by atoms with E-state index in [1.165, 1.54) is 4.90 Å². The van der Waals surface area contributed by atoms with E-state index in [1.807, 2.05) is 19.0 Å². The van der Waals surface area contributed by atoms with Crippen molar-refractivity contribution in [1.82, 2.24) is 14.4 Å². The lowest BCUT2D eigenvalue weighted by atomic mass is 10.3. The molecule has 0 aliphatic rings. The van der Waals surface area contributed by atoms with Crippen LogP contribution >= 0.6 is 15.9 Å². The number of nitrogens with zero attached hydrogens (tertiary/aromatic N) is 3. The number of rotatable bonds is 6. The second kappa shape index (κ2) is 6.72. The molecule has 0 spiro atoms. The van der Waals surface area contributed by atoms with Crippen molar-refractivity contribution in [2.75, 3.05) is 33.7 Å². The molecule has 0 saturated carbocycles. The van der Waals surface area contributed by atoms with Crippen LogP contribution in [0.1, 0.15) is 10.5 Å². The number of aryl methyl sites for hydroxylation is 1. The molecule has 1 aromatic rings. The summed E-state index contributed by atoms with van der Waals surface area (Å²) >= 11 is 3.30. The molecular formula is C12H18BrN3O3. The Kier molecular flexibility index (Phi) is 5.56. The third kappa shape index (κ3) is 4.68. The third-order valence-corrected chi connectivity index (χ3v) is 3.05. The van der Waals surface area contributed by atoms with Crippen molar-refractivity contribution in [3.8, 4) is 0 Å². The van der Waals surface area contributed by atoms with E-state index in [9.17, 15) is 9.59 Å². The van der Waals surface area contributed by atoms with Crippen LogP contribution in [-0.4, -0.2) is 65.1 Å². The van der Waals surface area contributed by atoms with Gasteiger partial charge in [0.05, 0.1) is 0 Å². The minimum absolute atomic E-state index is 0.280. The monoisotopic (exact) mass is 331 g/mol. The summed E-state index contributed by atoms with van der Waals surface area (Å²) < 4.78 is 2.47. The largest absolute Gasteiger partial charge is 0.480 e. The van der Waals surface area contributed by atoms with Crippen molar-refractivity contribution < 1.29 is 14.7 Å². The first kappa shape index (κ1) is 15.7. The maximum absolute atomic E-state index is 12.3. The highest BCUT2D eigenvalue weighted by atomic mass is 79.9. The summed E-state index contributed by atoms with van der Waals surface area (Å²) in [5.74, 6) is -1.29. The van der Waals surface area contributed by atoms with Crippen molar-refractivity contribution in [3.05, 3.63) is 22.4 Å². The number of halogens is 1. The summed E-state index contributed by atoms with van der Waals surface area (Å²) in [6.45, 7) is 0.695. The smallest absolute Gasteiger partial charge is 0.323 e. The third-order valence-electron chi connectivity index (χ3n) is 2.62. The van der Waals surface area contributed by atoms with Gasteiger partial charge in [-0.05, 0) is 36.1 Å². The minimum Gasteiger partial charge on any atom is -0.480 e. The van der Waals surface area contributed by atoms with Crippen LogP contribution in [-0.2, 0) is 11.8 Å². The first-order valence-electron chi connectivity index (χ1n) is 5.79. The highest BCUT2D eigenvalue weighted by molar-refractivity contribution is 9.10. The second-order valence-corrected chi connectivity index (χ2v) is 5.49. The number of aliphatic carboxylic acids is 1. The Hall–Kier alpha value is -1.34. The molecule has 1 amide bonds. The van der Waals surface area contributed by atoms with Gasteiger partial charge in [-0.1, -0.05) is 0 Å². The van der Waals surface area contributed by atoms with Gasteiger partial charge in [0.2, 0.25) is 0 Å². The Balaban J connectivity index is 2.87. The predicted molar refractivity (Wildman–Crippen MR) is 75.2 cm³/mol. The second-order valence-electron chi connectivity index (χ2n) is 4.58. The van der Waals surface area contributed by atoms with E-state index in [4.69, 9.17) is 5.11 Å². The molecule has 7 heteroatoms. The molecule has 0 radical (unpaired) electrons. The normalized spacial score (nSPS) is 10.8. The minimum atomic E-state index is -1.01. The van der Waals surface area contributed by atoms with E-state index >= 15 is 0 Å². The molecule has 1 rings (SSSR count). The fourth-order valence-corrected chi connectivity index (χ4v) is 2.16. The SMILES string of the molecule is CN(C)CCN(CC(=O)O)C(=O)c1cc(Br)cn1C. The van der Waals surface area contributed by atoms with Gasteiger partial charge in [0.1, 0.15) is 12.2 Å². The summed E-state index contributed by atoms with van der Waals surface area (Å²) in [5.41, 5.74) is 0.465. The molecule has 0 unspecified atom stereocenters. The molecule has 0 bridgehead atoms. The van der Waals surface area contributed by atoms with Crippen molar-refractivity contribution >= 4 is 27.8 Å². The standard InChI is InChI=1S/C12H18BrN3O3/c1-14(2)4-5-16(8-11(17)18)12(19)10-6-9(13)7-15(10)3/h6-7H,4-5,8H2,1-3H3,(H,17,18). The van der Waals surface area contributed by atoms with E-state index in [2.05, 4.69) is 15.9 Å². The lowest BCUT2D eigenvalue weighted by molar-refractivity contribution is -0.137. The lowest BCUT2D eigenvalue weighted by Gasteiger charge is -2.22. The van der Waals surface area contributed by atoms with Crippen LogP contribution < -0.4 is 0 Å². The van der Waals surface area contributed by atoms with Crippen LogP contribution in [0.15, 0.2) is 16.7 Å². The van der Waals surface area contributed by atoms with E-state index < -0.39 is 5.97 Å². The molecule has 0 aromatic carbocycles. The van der Waals surface area contributed by atoms with Crippen molar-refractivity contribution in [3.63, 3.8) is 0 Å². The fraction of sp³-hybridized carbons (Fsp3) is 0.500. The number of hydrogen-bond acceptors (Lipinski definition) is 3. The Bertz CT molecular complexity index is 471. The molecule has 1 N–H and O–H groups in total. The molecule has 1 aromatic heterocycles. The van der Waals surface area contributed by atoms with Gasteiger partial charge in [-0.15, -0.1) is 0 Å². The van der Waals surface area contributed by atoms with Crippen molar-refractivity contribution in [2.45, 2.75) is 0 Å². The van der Waals surface area contributed by atoms with Crippen molar-refractivity contribution in [1.29, 1.82) is 0 Å². The van der Waals surface area contributed by atoms with Gasteiger partial charge in [-0.3, -0.25) is 9.59 Å². The summed E-state index contributed by atoms with van der Waals surface area (Å²) in [5, 5.41) is 8.90. The molecule has 0 fully saturated rings. The quantitative estimate of drug-likeness (QED) is 0.840. The number of likely N-dealkylation sites (N-methyl/N-ethyl adjacent to an activating group) is 1. The molecule has 1 heterocycles. The molecule has 6 nitrogen and oxygen atoms in total. The number of carbonyl (C=O) groups is 2. The molecule has 0 aliphatic heterocycles. The number of carboxylic acids is 1.